The van der Waals surface area contributed by atoms with Gasteiger partial charge in [-0.1, -0.05) is 0 Å². The summed E-state index contributed by atoms with van der Waals surface area (Å²) in [5.41, 5.74) is 0.774. The Morgan fingerprint density at radius 3 is 2.74 bits per heavy atom. The van der Waals surface area contributed by atoms with E-state index >= 15 is 0 Å². The summed E-state index contributed by atoms with van der Waals surface area (Å²) in [6.45, 7) is 2.00. The van der Waals surface area contributed by atoms with Crippen LogP contribution in [0.25, 0.3) is 0 Å². The maximum absolute atomic E-state index is 11.8. The lowest BCUT2D eigenvalue weighted by atomic mass is 10.2. The van der Waals surface area contributed by atoms with Gasteiger partial charge in [-0.3, -0.25) is 0 Å². The number of anilines is 1. The first-order valence-corrected chi connectivity index (χ1v) is 6.43. The number of hydrogen-bond donors (Lipinski definition) is 1. The fourth-order valence-corrected chi connectivity index (χ4v) is 1.75. The van der Waals surface area contributed by atoms with E-state index in [4.69, 9.17) is 15.3 Å². The Kier molecular flexibility index (Phi) is 5.83. The fraction of sp³-hybridized carbons (Fsp3) is 0.154. The molecule has 0 bridgehead atoms. The number of benzene rings is 1. The predicted octanol–water partition coefficient (Wildman–Crippen LogP) is 2.81. The highest BCUT2D eigenvalue weighted by molar-refractivity contribution is 14.1. The van der Waals surface area contributed by atoms with Crippen molar-refractivity contribution in [1.82, 2.24) is 0 Å². The molecule has 1 rings (SSSR count). The Morgan fingerprint density at radius 2 is 2.16 bits per heavy atom. The molecule has 1 N–H and O–H groups in total. The average molecular weight is 367 g/mol. The minimum Gasteiger partial charge on any atom is -0.462 e. The quantitative estimate of drug-likeness (QED) is 0.503. The lowest BCUT2D eigenvalue weighted by molar-refractivity contribution is 0.0527. The van der Waals surface area contributed by atoms with E-state index < -0.39 is 5.97 Å². The van der Waals surface area contributed by atoms with Crippen LogP contribution >= 0.6 is 22.6 Å². The number of carbonyl (C=O) groups is 1. The van der Waals surface area contributed by atoms with E-state index in [1.54, 1.807) is 37.3 Å². The summed E-state index contributed by atoms with van der Waals surface area (Å²) in [6, 6.07) is 8.62. The number of nitrogens with one attached hydrogen (secondary N) is 1. The van der Waals surface area contributed by atoms with Crippen LogP contribution in [-0.2, 0) is 4.74 Å². The van der Waals surface area contributed by atoms with Crippen LogP contribution in [0.3, 0.4) is 0 Å². The zero-order chi connectivity index (χ0) is 14.3. The van der Waals surface area contributed by atoms with Crippen molar-refractivity contribution in [3.8, 4) is 12.1 Å². The molecule has 0 heterocycles. The second kappa shape index (κ2) is 7.39. The van der Waals surface area contributed by atoms with Crippen molar-refractivity contribution in [3.05, 3.63) is 39.1 Å². The summed E-state index contributed by atoms with van der Waals surface area (Å²) in [6.07, 6.45) is 1.25. The summed E-state index contributed by atoms with van der Waals surface area (Å²) >= 11 is 2.08. The zero-order valence-electron chi connectivity index (χ0n) is 10.1. The van der Waals surface area contributed by atoms with Crippen molar-refractivity contribution < 1.29 is 9.53 Å². The number of carbonyl (C=O) groups excluding carboxylic acids is 1. The largest absolute Gasteiger partial charge is 0.462 e. The van der Waals surface area contributed by atoms with Gasteiger partial charge in [-0.15, -0.1) is 0 Å². The number of esters is 1. The van der Waals surface area contributed by atoms with Crippen molar-refractivity contribution in [3.63, 3.8) is 0 Å². The summed E-state index contributed by atoms with van der Waals surface area (Å²) in [5.74, 6) is -0.451. The number of nitriles is 2. The normalized spacial score (nSPS) is 8.84. The smallest absolute Gasteiger partial charge is 0.340 e. The van der Waals surface area contributed by atoms with Gasteiger partial charge in [-0.05, 0) is 47.7 Å². The molecule has 0 aliphatic rings. The Labute approximate surface area is 124 Å². The Balaban J connectivity index is 3.08. The van der Waals surface area contributed by atoms with E-state index in [9.17, 15) is 4.79 Å². The molecule has 0 atom stereocenters. The van der Waals surface area contributed by atoms with Crippen molar-refractivity contribution in [2.24, 2.45) is 0 Å². The molecule has 1 aromatic carbocycles. The molecule has 0 radical (unpaired) electrons. The van der Waals surface area contributed by atoms with Crippen LogP contribution in [0.4, 0.5) is 5.69 Å². The van der Waals surface area contributed by atoms with Crippen molar-refractivity contribution in [1.29, 1.82) is 10.5 Å². The molecule has 0 saturated heterocycles. The third kappa shape index (κ3) is 4.27. The highest BCUT2D eigenvalue weighted by atomic mass is 127. The number of halogens is 1. The topological polar surface area (TPSA) is 85.9 Å². The lowest BCUT2D eigenvalue weighted by Gasteiger charge is -2.09. The first-order valence-electron chi connectivity index (χ1n) is 5.36. The van der Waals surface area contributed by atoms with Crippen molar-refractivity contribution in [2.75, 3.05) is 11.9 Å². The van der Waals surface area contributed by atoms with Crippen LogP contribution in [0.1, 0.15) is 17.3 Å². The summed E-state index contributed by atoms with van der Waals surface area (Å²) < 4.78 is 5.84. The SMILES string of the molecule is CCOC(=O)c1cc(I)ccc1NC=C(C#N)C#N. The van der Waals surface area contributed by atoms with Crippen molar-refractivity contribution >= 4 is 34.2 Å². The van der Waals surface area contributed by atoms with Crippen LogP contribution in [0.15, 0.2) is 30.0 Å². The molecule has 0 aliphatic carbocycles. The Morgan fingerprint density at radius 1 is 1.47 bits per heavy atom. The van der Waals surface area contributed by atoms with Crippen LogP contribution in [0, 0.1) is 26.2 Å². The van der Waals surface area contributed by atoms with Gasteiger partial charge in [0.05, 0.1) is 17.9 Å². The molecule has 0 fully saturated rings. The van der Waals surface area contributed by atoms with Crippen LogP contribution in [-0.4, -0.2) is 12.6 Å². The zero-order valence-corrected chi connectivity index (χ0v) is 12.3. The number of nitrogens with zero attached hydrogens (tertiary/aromatic N) is 2. The monoisotopic (exact) mass is 367 g/mol. The number of hydrogen-bond acceptors (Lipinski definition) is 5. The summed E-state index contributed by atoms with van der Waals surface area (Å²) in [4.78, 5) is 11.8. The summed E-state index contributed by atoms with van der Waals surface area (Å²) in [7, 11) is 0. The van der Waals surface area contributed by atoms with E-state index in [1.165, 1.54) is 6.20 Å². The van der Waals surface area contributed by atoms with E-state index in [0.717, 1.165) is 3.57 Å². The molecule has 1 aromatic rings. The third-order valence-electron chi connectivity index (χ3n) is 2.09. The van der Waals surface area contributed by atoms with E-state index in [0.29, 0.717) is 11.3 Å². The van der Waals surface area contributed by atoms with Gasteiger partial charge in [-0.2, -0.15) is 10.5 Å². The fourth-order valence-electron chi connectivity index (χ4n) is 1.26. The second-order valence-electron chi connectivity index (χ2n) is 3.34. The van der Waals surface area contributed by atoms with E-state index in [1.807, 2.05) is 0 Å². The van der Waals surface area contributed by atoms with Gasteiger partial charge in [0.15, 0.2) is 0 Å². The first kappa shape index (κ1) is 15.0. The van der Waals surface area contributed by atoms with Gasteiger partial charge >= 0.3 is 5.97 Å². The standard InChI is InChI=1S/C13H10IN3O2/c1-2-19-13(18)11-5-10(14)3-4-12(11)17-8-9(6-15)7-16/h3-5,8,17H,2H2,1H3. The highest BCUT2D eigenvalue weighted by Crippen LogP contribution is 2.20. The molecule has 0 saturated carbocycles. The molecule has 0 unspecified atom stereocenters. The second-order valence-corrected chi connectivity index (χ2v) is 4.58. The maximum atomic E-state index is 11.8. The van der Waals surface area contributed by atoms with E-state index in [-0.39, 0.29) is 12.2 Å². The molecule has 0 amide bonds. The molecule has 5 nitrogen and oxygen atoms in total. The molecule has 0 aromatic heterocycles. The van der Waals surface area contributed by atoms with Crippen molar-refractivity contribution in [2.45, 2.75) is 6.92 Å². The molecule has 0 aliphatic heterocycles. The third-order valence-corrected chi connectivity index (χ3v) is 2.76. The number of rotatable bonds is 4. The maximum Gasteiger partial charge on any atom is 0.340 e. The van der Waals surface area contributed by atoms with Crippen LogP contribution in [0.2, 0.25) is 0 Å². The van der Waals surface area contributed by atoms with E-state index in [2.05, 4.69) is 27.9 Å². The molecule has 19 heavy (non-hydrogen) atoms. The van der Waals surface area contributed by atoms with Gasteiger partial charge in [-0.25, -0.2) is 4.79 Å². The molecule has 96 valence electrons. The minimum atomic E-state index is -0.451. The highest BCUT2D eigenvalue weighted by Gasteiger charge is 2.12. The molecule has 6 heteroatoms. The van der Waals surface area contributed by atoms with Gasteiger partial charge in [0, 0.05) is 9.77 Å². The Hall–Kier alpha value is -2.06. The molecular formula is C13H10IN3O2. The van der Waals surface area contributed by atoms with Gasteiger partial charge in [0.2, 0.25) is 0 Å². The van der Waals surface area contributed by atoms with Gasteiger partial charge in [0.25, 0.3) is 0 Å². The molecular weight excluding hydrogens is 357 g/mol. The first-order chi connectivity index (χ1) is 9.12. The number of ether oxygens (including phenoxy) is 1. The van der Waals surface area contributed by atoms with Gasteiger partial charge in [0.1, 0.15) is 17.7 Å². The molecule has 0 spiro atoms. The predicted molar refractivity (Wildman–Crippen MR) is 78.0 cm³/mol. The van der Waals surface area contributed by atoms with Crippen LogP contribution < -0.4 is 5.32 Å². The van der Waals surface area contributed by atoms with Crippen LogP contribution in [0.5, 0.6) is 0 Å². The Bertz CT molecular complexity index is 581. The number of allylic oxidation sites excluding steroid dienone is 1. The lowest BCUT2D eigenvalue weighted by Crippen LogP contribution is -2.08. The average Bonchev–Trinajstić information content (AvgIpc) is 2.41. The van der Waals surface area contributed by atoms with Gasteiger partial charge < -0.3 is 10.1 Å². The summed E-state index contributed by atoms with van der Waals surface area (Å²) in [5, 5.41) is 20.0. The minimum absolute atomic E-state index is 0.0756.